The van der Waals surface area contributed by atoms with Gasteiger partial charge in [0.15, 0.2) is 6.29 Å². The zero-order valence-electron chi connectivity index (χ0n) is 14.0. The van der Waals surface area contributed by atoms with Gasteiger partial charge in [0.25, 0.3) is 5.69 Å². The monoisotopic (exact) mass is 360 g/mol. The topological polar surface area (TPSA) is 136 Å². The Balaban J connectivity index is 2.72. The lowest BCUT2D eigenvalue weighted by atomic mass is 9.75. The van der Waals surface area contributed by atoms with Crippen LogP contribution in [0.5, 0.6) is 0 Å². The second kappa shape index (κ2) is 7.68. The maximum atomic E-state index is 12.4. The molecule has 2 atom stereocenters. The average Bonchev–Trinajstić information content (AvgIpc) is 2.60. The first kappa shape index (κ1) is 19.0. The third-order valence-electron chi connectivity index (χ3n) is 3.99. The number of hydrogen-bond donors (Lipinski definition) is 1. The number of benzene rings is 1. The standard InChI is InChI=1S/C17H16N2O7/c1-3-26-17(23)13-9(2)18-12(8-20)15(16(21)22)14(13)10-5-4-6-11(7-10)19(24)25/h4-8,13-14H,3H2,1-2H3,(H,21,22). The average molecular weight is 360 g/mol. The van der Waals surface area contributed by atoms with Crippen molar-refractivity contribution in [1.29, 1.82) is 0 Å². The van der Waals surface area contributed by atoms with Crippen LogP contribution in [0.4, 0.5) is 5.69 Å². The molecular formula is C17H16N2O7. The predicted molar refractivity (Wildman–Crippen MR) is 89.8 cm³/mol. The number of rotatable bonds is 6. The van der Waals surface area contributed by atoms with Gasteiger partial charge in [0.1, 0.15) is 11.6 Å². The molecule has 1 heterocycles. The van der Waals surface area contributed by atoms with E-state index in [0.29, 0.717) is 6.29 Å². The highest BCUT2D eigenvalue weighted by atomic mass is 16.6. The van der Waals surface area contributed by atoms with Crippen LogP contribution in [0.25, 0.3) is 0 Å². The third-order valence-corrected chi connectivity index (χ3v) is 3.99. The first-order valence-corrected chi connectivity index (χ1v) is 7.70. The number of nitrogens with zero attached hydrogens (tertiary/aromatic N) is 2. The molecule has 1 N–H and O–H groups in total. The van der Waals surface area contributed by atoms with Crippen LogP contribution in [-0.2, 0) is 19.1 Å². The van der Waals surface area contributed by atoms with E-state index in [2.05, 4.69) is 4.99 Å². The molecule has 136 valence electrons. The second-order valence-electron chi connectivity index (χ2n) is 5.53. The molecule has 0 aromatic heterocycles. The van der Waals surface area contributed by atoms with Gasteiger partial charge in [-0.25, -0.2) is 4.79 Å². The summed E-state index contributed by atoms with van der Waals surface area (Å²) in [6.07, 6.45) is 0.290. The molecule has 1 aromatic rings. The van der Waals surface area contributed by atoms with Crippen LogP contribution in [0, 0.1) is 16.0 Å². The number of carboxylic acids is 1. The highest BCUT2D eigenvalue weighted by Crippen LogP contribution is 2.40. The highest BCUT2D eigenvalue weighted by Gasteiger charge is 2.43. The third kappa shape index (κ3) is 3.51. The molecule has 0 saturated heterocycles. The molecule has 0 saturated carbocycles. The van der Waals surface area contributed by atoms with Gasteiger partial charge in [-0.3, -0.25) is 24.7 Å². The summed E-state index contributed by atoms with van der Waals surface area (Å²) in [4.78, 5) is 49.9. The number of non-ortho nitro benzene ring substituents is 1. The van der Waals surface area contributed by atoms with Crippen molar-refractivity contribution in [3.63, 3.8) is 0 Å². The van der Waals surface area contributed by atoms with Gasteiger partial charge in [-0.15, -0.1) is 0 Å². The number of carboxylic acid groups (broad SMARTS) is 1. The zero-order chi connectivity index (χ0) is 19.4. The van der Waals surface area contributed by atoms with Crippen LogP contribution < -0.4 is 0 Å². The van der Waals surface area contributed by atoms with Crippen LogP contribution in [0.1, 0.15) is 25.3 Å². The number of carbonyl (C=O) groups is 3. The minimum Gasteiger partial charge on any atom is -0.478 e. The van der Waals surface area contributed by atoms with Crippen molar-refractivity contribution in [2.75, 3.05) is 6.61 Å². The van der Waals surface area contributed by atoms with E-state index in [1.165, 1.54) is 31.2 Å². The Labute approximate surface area is 148 Å². The second-order valence-corrected chi connectivity index (χ2v) is 5.53. The Morgan fingerprint density at radius 2 is 2.12 bits per heavy atom. The molecular weight excluding hydrogens is 344 g/mol. The zero-order valence-corrected chi connectivity index (χ0v) is 14.0. The van der Waals surface area contributed by atoms with Crippen molar-refractivity contribution >= 4 is 29.6 Å². The summed E-state index contributed by atoms with van der Waals surface area (Å²) < 4.78 is 5.02. The fraction of sp³-hybridized carbons (Fsp3) is 0.294. The van der Waals surface area contributed by atoms with E-state index in [4.69, 9.17) is 4.74 Å². The smallest absolute Gasteiger partial charge is 0.334 e. The Kier molecular flexibility index (Phi) is 5.61. The maximum Gasteiger partial charge on any atom is 0.334 e. The molecule has 0 amide bonds. The summed E-state index contributed by atoms with van der Waals surface area (Å²) in [5.41, 5.74) is -0.575. The van der Waals surface area contributed by atoms with E-state index >= 15 is 0 Å². The molecule has 2 unspecified atom stereocenters. The van der Waals surface area contributed by atoms with E-state index < -0.39 is 34.3 Å². The number of carbonyl (C=O) groups excluding carboxylic acids is 2. The number of hydrogen-bond acceptors (Lipinski definition) is 7. The Bertz CT molecular complexity index is 841. The number of esters is 1. The van der Waals surface area contributed by atoms with Gasteiger partial charge < -0.3 is 9.84 Å². The number of aldehydes is 1. The minimum atomic E-state index is -1.44. The van der Waals surface area contributed by atoms with E-state index in [1.54, 1.807) is 6.92 Å². The number of aliphatic carboxylic acids is 1. The van der Waals surface area contributed by atoms with E-state index in [9.17, 15) is 29.6 Å². The van der Waals surface area contributed by atoms with Crippen molar-refractivity contribution in [1.82, 2.24) is 0 Å². The molecule has 9 heteroatoms. The van der Waals surface area contributed by atoms with Gasteiger partial charge >= 0.3 is 11.9 Å². The van der Waals surface area contributed by atoms with Crippen LogP contribution >= 0.6 is 0 Å². The lowest BCUT2D eigenvalue weighted by molar-refractivity contribution is -0.384. The molecule has 1 aliphatic rings. The molecule has 26 heavy (non-hydrogen) atoms. The molecule has 1 aliphatic heterocycles. The summed E-state index contributed by atoms with van der Waals surface area (Å²) in [7, 11) is 0. The van der Waals surface area contributed by atoms with Crippen LogP contribution in [0.15, 0.2) is 40.5 Å². The molecule has 2 rings (SSSR count). The summed E-state index contributed by atoms with van der Waals surface area (Å²) in [6.45, 7) is 3.14. The van der Waals surface area contributed by atoms with Crippen LogP contribution in [-0.4, -0.2) is 40.6 Å². The molecule has 0 bridgehead atoms. The van der Waals surface area contributed by atoms with E-state index in [1.807, 2.05) is 0 Å². The molecule has 0 fully saturated rings. The highest BCUT2D eigenvalue weighted by molar-refractivity contribution is 6.09. The summed E-state index contributed by atoms with van der Waals surface area (Å²) in [5.74, 6) is -4.39. The minimum absolute atomic E-state index is 0.0664. The lowest BCUT2D eigenvalue weighted by Crippen LogP contribution is -2.36. The number of aliphatic imine (C=N–C) groups is 1. The van der Waals surface area contributed by atoms with Crippen LogP contribution in [0.3, 0.4) is 0 Å². The number of ether oxygens (including phenoxy) is 1. The van der Waals surface area contributed by atoms with Crippen molar-refractivity contribution in [3.05, 3.63) is 51.2 Å². The summed E-state index contributed by atoms with van der Waals surface area (Å²) >= 11 is 0. The van der Waals surface area contributed by atoms with Crippen molar-refractivity contribution in [2.45, 2.75) is 19.8 Å². The fourth-order valence-electron chi connectivity index (χ4n) is 2.95. The van der Waals surface area contributed by atoms with Crippen molar-refractivity contribution in [3.8, 4) is 0 Å². The molecule has 9 nitrogen and oxygen atoms in total. The Morgan fingerprint density at radius 1 is 1.42 bits per heavy atom. The van der Waals surface area contributed by atoms with Gasteiger partial charge in [-0.05, 0) is 19.4 Å². The van der Waals surface area contributed by atoms with Gasteiger partial charge in [0, 0.05) is 23.8 Å². The Morgan fingerprint density at radius 3 is 2.65 bits per heavy atom. The fourth-order valence-corrected chi connectivity index (χ4v) is 2.95. The maximum absolute atomic E-state index is 12.4. The molecule has 0 aliphatic carbocycles. The number of nitro benzene ring substituents is 1. The van der Waals surface area contributed by atoms with E-state index in [-0.39, 0.29) is 29.3 Å². The Hall–Kier alpha value is -3.36. The van der Waals surface area contributed by atoms with E-state index in [0.717, 1.165) is 0 Å². The van der Waals surface area contributed by atoms with Crippen molar-refractivity contribution in [2.24, 2.45) is 10.9 Å². The predicted octanol–water partition coefficient (Wildman–Crippen LogP) is 1.87. The molecule has 1 aromatic carbocycles. The normalized spacial score (nSPS) is 19.5. The molecule has 0 radical (unpaired) electrons. The van der Waals surface area contributed by atoms with Gasteiger partial charge in [0.05, 0.1) is 17.1 Å². The molecule has 0 spiro atoms. The van der Waals surface area contributed by atoms with Crippen LogP contribution in [0.2, 0.25) is 0 Å². The largest absolute Gasteiger partial charge is 0.478 e. The van der Waals surface area contributed by atoms with Gasteiger partial charge in [0.2, 0.25) is 0 Å². The first-order valence-electron chi connectivity index (χ1n) is 7.70. The van der Waals surface area contributed by atoms with Gasteiger partial charge in [-0.1, -0.05) is 12.1 Å². The lowest BCUT2D eigenvalue weighted by Gasteiger charge is -2.30. The summed E-state index contributed by atoms with van der Waals surface area (Å²) in [6, 6.07) is 5.28. The van der Waals surface area contributed by atoms with Crippen molar-refractivity contribution < 1.29 is 29.2 Å². The SMILES string of the molecule is CCOC(=O)C1C(C)=NC(C=O)=C(C(=O)O)C1c1cccc([N+](=O)[O-])c1. The first-order chi connectivity index (χ1) is 12.3. The summed E-state index contributed by atoms with van der Waals surface area (Å²) in [5, 5.41) is 20.7. The number of allylic oxidation sites excluding steroid dienone is 1. The van der Waals surface area contributed by atoms with Gasteiger partial charge in [-0.2, -0.15) is 0 Å². The quantitative estimate of drug-likeness (QED) is 0.354. The number of nitro groups is 1.